The quantitative estimate of drug-likeness (QED) is 0.563. The molecule has 2 atom stereocenters. The zero-order valence-corrected chi connectivity index (χ0v) is 15.1. The summed E-state index contributed by atoms with van der Waals surface area (Å²) in [7, 11) is 1.66. The van der Waals surface area contributed by atoms with Crippen molar-refractivity contribution in [3.05, 3.63) is 28.6 Å². The Morgan fingerprint density at radius 1 is 1.50 bits per heavy atom. The molecule has 0 radical (unpaired) electrons. The molecule has 132 valence electrons. The number of carbonyl (C=O) groups is 1. The molecule has 0 bridgehead atoms. The minimum atomic E-state index is -0.485. The highest BCUT2D eigenvalue weighted by atomic mass is 16.5. The fourth-order valence-corrected chi connectivity index (χ4v) is 2.74. The van der Waals surface area contributed by atoms with Crippen LogP contribution in [0.4, 0.5) is 0 Å². The molecule has 1 amide bonds. The predicted molar refractivity (Wildman–Crippen MR) is 93.4 cm³/mol. The third-order valence-electron chi connectivity index (χ3n) is 3.88. The van der Waals surface area contributed by atoms with Crippen molar-refractivity contribution in [2.24, 2.45) is 0 Å². The molecule has 24 heavy (non-hydrogen) atoms. The lowest BCUT2D eigenvalue weighted by molar-refractivity contribution is -0.117. The number of nitriles is 1. The van der Waals surface area contributed by atoms with Gasteiger partial charge in [-0.15, -0.1) is 0 Å². The van der Waals surface area contributed by atoms with E-state index in [1.54, 1.807) is 20.1 Å². The Balaban J connectivity index is 2.99. The molecule has 1 rings (SSSR count). The average molecular weight is 333 g/mol. The number of methoxy groups -OCH3 is 1. The number of carbonyl (C=O) groups excluding carboxylic acids is 1. The van der Waals surface area contributed by atoms with Crippen LogP contribution in [0, 0.1) is 25.2 Å². The molecule has 0 fully saturated rings. The zero-order chi connectivity index (χ0) is 18.3. The lowest BCUT2D eigenvalue weighted by atomic mass is 10.1. The summed E-state index contributed by atoms with van der Waals surface area (Å²) in [5.74, 6) is -0.423. The summed E-state index contributed by atoms with van der Waals surface area (Å²) in [6.45, 7) is 8.59. The third-order valence-corrected chi connectivity index (χ3v) is 3.88. The van der Waals surface area contributed by atoms with Crippen molar-refractivity contribution >= 4 is 12.0 Å². The van der Waals surface area contributed by atoms with Gasteiger partial charge in [0, 0.05) is 25.0 Å². The fraction of sp³-hybridized carbons (Fsp3) is 0.556. The number of aliphatic hydroxyl groups excluding tert-OH is 1. The van der Waals surface area contributed by atoms with E-state index in [4.69, 9.17) is 4.74 Å². The van der Waals surface area contributed by atoms with Gasteiger partial charge in [-0.3, -0.25) is 4.79 Å². The topological polar surface area (TPSA) is 87.3 Å². The molecule has 6 nitrogen and oxygen atoms in total. The fourth-order valence-electron chi connectivity index (χ4n) is 2.74. The van der Waals surface area contributed by atoms with Gasteiger partial charge in [0.1, 0.15) is 11.6 Å². The normalized spacial score (nSPS) is 14.1. The second-order valence-electron chi connectivity index (χ2n) is 6.06. The number of rotatable bonds is 8. The van der Waals surface area contributed by atoms with Crippen molar-refractivity contribution in [3.8, 4) is 6.07 Å². The van der Waals surface area contributed by atoms with Crippen LogP contribution in [0.3, 0.4) is 0 Å². The summed E-state index contributed by atoms with van der Waals surface area (Å²) in [6, 6.07) is 4.08. The van der Waals surface area contributed by atoms with E-state index in [9.17, 15) is 15.2 Å². The lowest BCUT2D eigenvalue weighted by Gasteiger charge is -2.17. The summed E-state index contributed by atoms with van der Waals surface area (Å²) < 4.78 is 7.34. The summed E-state index contributed by atoms with van der Waals surface area (Å²) >= 11 is 0. The Labute approximate surface area is 143 Å². The van der Waals surface area contributed by atoms with Crippen LogP contribution in [0.5, 0.6) is 0 Å². The molecular formula is C18H27N3O3. The van der Waals surface area contributed by atoms with Gasteiger partial charge in [0.05, 0.1) is 18.8 Å². The molecule has 1 aromatic heterocycles. The predicted octanol–water partition coefficient (Wildman–Crippen LogP) is 2.11. The van der Waals surface area contributed by atoms with E-state index in [2.05, 4.69) is 16.8 Å². The van der Waals surface area contributed by atoms with Crippen molar-refractivity contribution in [2.45, 2.75) is 46.3 Å². The second-order valence-corrected chi connectivity index (χ2v) is 6.06. The lowest BCUT2D eigenvalue weighted by Crippen LogP contribution is -2.27. The molecule has 0 aliphatic heterocycles. The van der Waals surface area contributed by atoms with Gasteiger partial charge in [-0.25, -0.2) is 0 Å². The van der Waals surface area contributed by atoms with E-state index >= 15 is 0 Å². The number of hydrogen-bond acceptors (Lipinski definition) is 4. The van der Waals surface area contributed by atoms with Crippen molar-refractivity contribution in [3.63, 3.8) is 0 Å². The molecule has 1 aromatic rings. The summed E-state index contributed by atoms with van der Waals surface area (Å²) in [6.07, 6.45) is 1.57. The molecule has 2 N–H and O–H groups in total. The molecule has 0 saturated carbocycles. The van der Waals surface area contributed by atoms with Crippen molar-refractivity contribution in [1.82, 2.24) is 9.88 Å². The highest BCUT2D eigenvalue weighted by Gasteiger charge is 2.15. The van der Waals surface area contributed by atoms with Gasteiger partial charge in [-0.05, 0) is 51.8 Å². The second kappa shape index (κ2) is 9.26. The number of aryl methyl sites for hydroxylation is 1. The molecule has 6 heteroatoms. The van der Waals surface area contributed by atoms with Gasteiger partial charge in [-0.2, -0.15) is 5.26 Å². The van der Waals surface area contributed by atoms with Crippen LogP contribution in [-0.4, -0.2) is 41.9 Å². The van der Waals surface area contributed by atoms with Crippen molar-refractivity contribution in [2.75, 3.05) is 20.3 Å². The maximum atomic E-state index is 12.1. The van der Waals surface area contributed by atoms with Crippen LogP contribution >= 0.6 is 0 Å². The third kappa shape index (κ3) is 5.22. The molecule has 2 unspecified atom stereocenters. The van der Waals surface area contributed by atoms with Crippen molar-refractivity contribution in [1.29, 1.82) is 5.26 Å². The van der Waals surface area contributed by atoms with E-state index in [1.165, 1.54) is 0 Å². The standard InChI is InChI=1S/C18H27N3O3/c1-12-8-16(15(4)21(12)13(2)11-24-5)9-17(10-19)18(23)20-7-6-14(3)22/h8-9,13-14,22H,6-7,11H2,1-5H3,(H,20,23). The van der Waals surface area contributed by atoms with Gasteiger partial charge in [-0.1, -0.05) is 0 Å². The minimum Gasteiger partial charge on any atom is -0.393 e. The number of aromatic nitrogens is 1. The number of ether oxygens (including phenoxy) is 1. The molecule has 0 spiro atoms. The van der Waals surface area contributed by atoms with Crippen LogP contribution in [-0.2, 0) is 9.53 Å². The first-order chi connectivity index (χ1) is 11.3. The molecule has 0 saturated heterocycles. The highest BCUT2D eigenvalue weighted by Crippen LogP contribution is 2.22. The van der Waals surface area contributed by atoms with Gasteiger partial charge in [0.25, 0.3) is 5.91 Å². The Kier molecular flexibility index (Phi) is 7.69. The Bertz CT molecular complexity index is 639. The molecule has 0 aliphatic carbocycles. The van der Waals surface area contributed by atoms with E-state index < -0.39 is 12.0 Å². The first kappa shape index (κ1) is 19.9. The first-order valence-corrected chi connectivity index (χ1v) is 8.07. The maximum Gasteiger partial charge on any atom is 0.261 e. The van der Waals surface area contributed by atoms with Gasteiger partial charge in [0.2, 0.25) is 0 Å². The van der Waals surface area contributed by atoms with Crippen molar-refractivity contribution < 1.29 is 14.6 Å². The van der Waals surface area contributed by atoms with Crippen LogP contribution in [0.25, 0.3) is 6.08 Å². The van der Waals surface area contributed by atoms with Crippen LogP contribution in [0.1, 0.15) is 43.3 Å². The van der Waals surface area contributed by atoms with Crippen LogP contribution < -0.4 is 5.32 Å². The SMILES string of the molecule is COCC(C)n1c(C)cc(C=C(C#N)C(=O)NCCC(C)O)c1C. The number of amides is 1. The molecule has 0 aromatic carbocycles. The molecule has 1 heterocycles. The number of nitrogens with zero attached hydrogens (tertiary/aromatic N) is 2. The van der Waals surface area contributed by atoms with E-state index in [1.807, 2.05) is 26.0 Å². The summed E-state index contributed by atoms with van der Waals surface area (Å²) in [5.41, 5.74) is 2.94. The Morgan fingerprint density at radius 3 is 2.71 bits per heavy atom. The van der Waals surface area contributed by atoms with Gasteiger partial charge < -0.3 is 19.7 Å². The zero-order valence-electron chi connectivity index (χ0n) is 15.1. The monoisotopic (exact) mass is 333 g/mol. The van der Waals surface area contributed by atoms with E-state index in [0.717, 1.165) is 17.0 Å². The largest absolute Gasteiger partial charge is 0.393 e. The minimum absolute atomic E-state index is 0.0558. The number of aliphatic hydroxyl groups is 1. The number of hydrogen-bond donors (Lipinski definition) is 2. The molecular weight excluding hydrogens is 306 g/mol. The highest BCUT2D eigenvalue weighted by molar-refractivity contribution is 6.01. The maximum absolute atomic E-state index is 12.1. The summed E-state index contributed by atoms with van der Waals surface area (Å²) in [4.78, 5) is 12.1. The Morgan fingerprint density at radius 2 is 2.17 bits per heavy atom. The molecule has 0 aliphatic rings. The van der Waals surface area contributed by atoms with E-state index in [0.29, 0.717) is 19.6 Å². The van der Waals surface area contributed by atoms with E-state index in [-0.39, 0.29) is 11.6 Å². The van der Waals surface area contributed by atoms with Gasteiger partial charge in [0.15, 0.2) is 0 Å². The van der Waals surface area contributed by atoms with Crippen LogP contribution in [0.2, 0.25) is 0 Å². The average Bonchev–Trinajstić information content (AvgIpc) is 2.78. The smallest absolute Gasteiger partial charge is 0.261 e. The van der Waals surface area contributed by atoms with Gasteiger partial charge >= 0.3 is 0 Å². The summed E-state index contributed by atoms with van der Waals surface area (Å²) in [5, 5.41) is 21.1. The first-order valence-electron chi connectivity index (χ1n) is 8.07. The van der Waals surface area contributed by atoms with Crippen LogP contribution in [0.15, 0.2) is 11.6 Å². The number of nitrogens with one attached hydrogen (secondary N) is 1. The Hall–Kier alpha value is -2.10.